The zero-order valence-electron chi connectivity index (χ0n) is 7.36. The summed E-state index contributed by atoms with van der Waals surface area (Å²) in [4.78, 5) is 0. The van der Waals surface area contributed by atoms with Gasteiger partial charge in [0.2, 0.25) is 0 Å². The molecule has 6 heteroatoms. The van der Waals surface area contributed by atoms with Crippen molar-refractivity contribution < 1.29 is 12.9 Å². The van der Waals surface area contributed by atoms with E-state index in [4.69, 9.17) is 4.52 Å². The van der Waals surface area contributed by atoms with E-state index in [1.54, 1.807) is 12.3 Å². The van der Waals surface area contributed by atoms with Gasteiger partial charge in [-0.15, -0.1) is 0 Å². The summed E-state index contributed by atoms with van der Waals surface area (Å²) < 4.78 is 26.2. The van der Waals surface area contributed by atoms with Gasteiger partial charge in [0.15, 0.2) is 0 Å². The predicted molar refractivity (Wildman–Crippen MR) is 47.9 cm³/mol. The lowest BCUT2D eigenvalue weighted by Gasteiger charge is -1.99. The van der Waals surface area contributed by atoms with Crippen LogP contribution in [-0.4, -0.2) is 32.1 Å². The van der Waals surface area contributed by atoms with Crippen molar-refractivity contribution in [1.29, 1.82) is 0 Å². The molecule has 0 radical (unpaired) electrons. The van der Waals surface area contributed by atoms with Crippen LogP contribution in [0.25, 0.3) is 0 Å². The van der Waals surface area contributed by atoms with Gasteiger partial charge in [-0.05, 0) is 0 Å². The molecule has 0 spiro atoms. The third-order valence-corrected chi connectivity index (χ3v) is 2.39. The topological polar surface area (TPSA) is 72.2 Å². The molecule has 0 amide bonds. The van der Waals surface area contributed by atoms with Gasteiger partial charge in [0, 0.05) is 18.9 Å². The van der Waals surface area contributed by atoms with E-state index in [0.717, 1.165) is 0 Å². The molecule has 1 heterocycles. The lowest BCUT2D eigenvalue weighted by molar-refractivity contribution is 0.374. The zero-order chi connectivity index (χ0) is 9.73. The van der Waals surface area contributed by atoms with E-state index in [0.29, 0.717) is 18.8 Å². The number of aromatic nitrogens is 1. The first-order chi connectivity index (χ1) is 6.08. The highest BCUT2D eigenvalue weighted by Crippen LogP contribution is 1.94. The van der Waals surface area contributed by atoms with E-state index in [1.165, 1.54) is 6.26 Å². The predicted octanol–water partition coefficient (Wildman–Crippen LogP) is -0.191. The van der Waals surface area contributed by atoms with Crippen LogP contribution in [0.1, 0.15) is 5.76 Å². The Labute approximate surface area is 77.0 Å². The molecule has 0 aliphatic heterocycles. The number of nitrogens with zero attached hydrogens (tertiary/aromatic N) is 1. The van der Waals surface area contributed by atoms with Crippen LogP contribution in [0.15, 0.2) is 16.8 Å². The van der Waals surface area contributed by atoms with Crippen LogP contribution in [0.5, 0.6) is 0 Å². The quantitative estimate of drug-likeness (QED) is 0.673. The number of hydrogen-bond acceptors (Lipinski definition) is 5. The van der Waals surface area contributed by atoms with Crippen molar-refractivity contribution in [3.63, 3.8) is 0 Å². The Kier molecular flexibility index (Phi) is 3.44. The fourth-order valence-electron chi connectivity index (χ4n) is 0.802. The molecule has 74 valence electrons. The molecule has 0 fully saturated rings. The Hall–Kier alpha value is -0.880. The van der Waals surface area contributed by atoms with Gasteiger partial charge in [-0.1, -0.05) is 5.16 Å². The maximum absolute atomic E-state index is 10.7. The Morgan fingerprint density at radius 3 is 2.92 bits per heavy atom. The standard InChI is InChI=1S/C7H12N2O3S/c1-13(10,11)5-4-8-6-7-2-3-9-12-7/h2-3,8H,4-6H2,1H3. The van der Waals surface area contributed by atoms with Crippen molar-refractivity contribution in [2.45, 2.75) is 6.54 Å². The molecule has 0 atom stereocenters. The summed E-state index contributed by atoms with van der Waals surface area (Å²) in [5.74, 6) is 0.842. The summed E-state index contributed by atoms with van der Waals surface area (Å²) in [5.41, 5.74) is 0. The molecule has 1 rings (SSSR count). The van der Waals surface area contributed by atoms with Crippen molar-refractivity contribution in [3.8, 4) is 0 Å². The fraction of sp³-hybridized carbons (Fsp3) is 0.571. The van der Waals surface area contributed by atoms with Crippen molar-refractivity contribution in [2.24, 2.45) is 0 Å². The minimum atomic E-state index is -2.87. The zero-order valence-corrected chi connectivity index (χ0v) is 8.17. The van der Waals surface area contributed by atoms with Gasteiger partial charge in [0.25, 0.3) is 0 Å². The van der Waals surface area contributed by atoms with Gasteiger partial charge in [0.05, 0.1) is 18.5 Å². The van der Waals surface area contributed by atoms with Gasteiger partial charge in [-0.2, -0.15) is 0 Å². The second-order valence-corrected chi connectivity index (χ2v) is 5.05. The van der Waals surface area contributed by atoms with Crippen LogP contribution >= 0.6 is 0 Å². The third-order valence-electron chi connectivity index (χ3n) is 1.44. The van der Waals surface area contributed by atoms with Gasteiger partial charge in [-0.3, -0.25) is 0 Å². The van der Waals surface area contributed by atoms with E-state index in [-0.39, 0.29) is 5.75 Å². The van der Waals surface area contributed by atoms with E-state index in [9.17, 15) is 8.42 Å². The highest BCUT2D eigenvalue weighted by molar-refractivity contribution is 7.90. The molecule has 0 aromatic carbocycles. The van der Waals surface area contributed by atoms with Gasteiger partial charge >= 0.3 is 0 Å². The fourth-order valence-corrected chi connectivity index (χ4v) is 1.32. The van der Waals surface area contributed by atoms with Gasteiger partial charge in [-0.25, -0.2) is 8.42 Å². The molecule has 0 saturated carbocycles. The summed E-state index contributed by atoms with van der Waals surface area (Å²) in [6.07, 6.45) is 2.76. The number of hydrogen-bond donors (Lipinski definition) is 1. The minimum absolute atomic E-state index is 0.140. The highest BCUT2D eigenvalue weighted by atomic mass is 32.2. The largest absolute Gasteiger partial charge is 0.360 e. The molecular weight excluding hydrogens is 192 g/mol. The Balaban J connectivity index is 2.16. The van der Waals surface area contributed by atoms with Crippen molar-refractivity contribution in [3.05, 3.63) is 18.0 Å². The van der Waals surface area contributed by atoms with Crippen LogP contribution in [0.4, 0.5) is 0 Å². The third kappa shape index (κ3) is 4.64. The molecule has 1 N–H and O–H groups in total. The molecule has 1 aromatic heterocycles. The van der Waals surface area contributed by atoms with Crippen LogP contribution in [0.2, 0.25) is 0 Å². The molecular formula is C7H12N2O3S. The molecule has 0 unspecified atom stereocenters. The monoisotopic (exact) mass is 204 g/mol. The lowest BCUT2D eigenvalue weighted by Crippen LogP contribution is -2.21. The first-order valence-corrected chi connectivity index (χ1v) is 5.92. The summed E-state index contributed by atoms with van der Waals surface area (Å²) >= 11 is 0. The van der Waals surface area contributed by atoms with Crippen LogP contribution in [0.3, 0.4) is 0 Å². The molecule has 5 nitrogen and oxygen atoms in total. The lowest BCUT2D eigenvalue weighted by atomic mass is 10.4. The average molecular weight is 204 g/mol. The first-order valence-electron chi connectivity index (χ1n) is 3.86. The Morgan fingerprint density at radius 1 is 1.62 bits per heavy atom. The maximum atomic E-state index is 10.7. The van der Waals surface area contributed by atoms with E-state index < -0.39 is 9.84 Å². The molecule has 0 saturated heterocycles. The van der Waals surface area contributed by atoms with E-state index >= 15 is 0 Å². The first kappa shape index (κ1) is 10.2. The van der Waals surface area contributed by atoms with Crippen LogP contribution in [-0.2, 0) is 16.4 Å². The smallest absolute Gasteiger partial charge is 0.150 e. The van der Waals surface area contributed by atoms with Gasteiger partial charge in [0.1, 0.15) is 15.6 Å². The van der Waals surface area contributed by atoms with Crippen LogP contribution < -0.4 is 5.32 Å². The summed E-state index contributed by atoms with van der Waals surface area (Å²) in [6.45, 7) is 0.940. The number of nitrogens with one attached hydrogen (secondary N) is 1. The average Bonchev–Trinajstić information content (AvgIpc) is 2.48. The van der Waals surface area contributed by atoms with E-state index in [2.05, 4.69) is 10.5 Å². The van der Waals surface area contributed by atoms with Crippen molar-refractivity contribution in [1.82, 2.24) is 10.5 Å². The SMILES string of the molecule is CS(=O)(=O)CCNCc1ccno1. The number of rotatable bonds is 5. The van der Waals surface area contributed by atoms with E-state index in [1.807, 2.05) is 0 Å². The Bertz CT molecular complexity index is 331. The maximum Gasteiger partial charge on any atom is 0.150 e. The van der Waals surface area contributed by atoms with Crippen LogP contribution in [0, 0.1) is 0 Å². The van der Waals surface area contributed by atoms with Crippen molar-refractivity contribution >= 4 is 9.84 Å². The summed E-state index contributed by atoms with van der Waals surface area (Å²) in [6, 6.07) is 1.73. The molecule has 0 bridgehead atoms. The van der Waals surface area contributed by atoms with Gasteiger partial charge < -0.3 is 9.84 Å². The Morgan fingerprint density at radius 2 is 2.38 bits per heavy atom. The summed E-state index contributed by atoms with van der Waals surface area (Å²) in [7, 11) is -2.87. The molecule has 1 aromatic rings. The second-order valence-electron chi connectivity index (χ2n) is 2.79. The molecule has 0 aliphatic carbocycles. The number of sulfone groups is 1. The normalized spacial score (nSPS) is 11.8. The molecule has 0 aliphatic rings. The second kappa shape index (κ2) is 4.38. The molecule has 13 heavy (non-hydrogen) atoms. The van der Waals surface area contributed by atoms with Crippen molar-refractivity contribution in [2.75, 3.05) is 18.6 Å². The minimum Gasteiger partial charge on any atom is -0.360 e. The summed E-state index contributed by atoms with van der Waals surface area (Å²) in [5, 5.41) is 6.45. The highest BCUT2D eigenvalue weighted by Gasteiger charge is 2.01.